The van der Waals surface area contributed by atoms with E-state index in [1.807, 2.05) is 0 Å². The van der Waals surface area contributed by atoms with Crippen LogP contribution >= 0.6 is 0 Å². The van der Waals surface area contributed by atoms with Crippen LogP contribution in [-0.2, 0) is 19.2 Å². The zero-order valence-corrected chi connectivity index (χ0v) is 13.6. The molecule has 2 atom stereocenters. The molecule has 2 amide bonds. The smallest absolute Gasteiger partial charge is 0.326 e. The predicted octanol–water partition coefficient (Wildman–Crippen LogP) is -1.37. The third-order valence-corrected chi connectivity index (χ3v) is 3.03. The summed E-state index contributed by atoms with van der Waals surface area (Å²) in [5, 5.41) is 21.5. The molecule has 0 aromatic heterocycles. The Labute approximate surface area is 141 Å². The van der Waals surface area contributed by atoms with Gasteiger partial charge in [0.1, 0.15) is 12.1 Å². The summed E-state index contributed by atoms with van der Waals surface area (Å²) in [6, 6.07) is -1.54. The molecule has 0 aliphatic rings. The molecule has 24 heavy (non-hydrogen) atoms. The van der Waals surface area contributed by atoms with Crippen molar-refractivity contribution in [1.29, 1.82) is 0 Å². The third kappa shape index (κ3) is 14.7. The lowest BCUT2D eigenvalue weighted by molar-refractivity contribution is -0.141. The van der Waals surface area contributed by atoms with Gasteiger partial charge in [-0.2, -0.15) is 0 Å². The Morgan fingerprint density at radius 2 is 1.12 bits per heavy atom. The largest absolute Gasteiger partial charge is 0.480 e. The van der Waals surface area contributed by atoms with Gasteiger partial charge < -0.3 is 32.3 Å². The van der Waals surface area contributed by atoms with Gasteiger partial charge in [0.2, 0.25) is 12.8 Å². The number of carboxylic acids is 2. The number of hydrogen-bond acceptors (Lipinski definition) is 6. The highest BCUT2D eigenvalue weighted by Gasteiger charge is 2.15. The van der Waals surface area contributed by atoms with E-state index in [2.05, 4.69) is 10.6 Å². The van der Waals surface area contributed by atoms with Gasteiger partial charge in [0.25, 0.3) is 0 Å². The number of nitrogens with two attached hydrogens (primary N) is 2. The molecule has 0 fully saturated rings. The second kappa shape index (κ2) is 17.2. The monoisotopic (exact) mass is 348 g/mol. The third-order valence-electron chi connectivity index (χ3n) is 3.03. The van der Waals surface area contributed by atoms with E-state index in [-0.39, 0.29) is 0 Å². The molecule has 2 unspecified atom stereocenters. The van der Waals surface area contributed by atoms with E-state index in [4.69, 9.17) is 21.7 Å². The van der Waals surface area contributed by atoms with Crippen LogP contribution in [0.2, 0.25) is 0 Å². The Morgan fingerprint density at radius 1 is 0.792 bits per heavy atom. The minimum Gasteiger partial charge on any atom is -0.480 e. The standard InChI is InChI=1S/2C7H14N2O3/c2*8-4-2-1-3-6(7(11)12)9-5-10/h2*5-6H,1-4,8H2,(H,9,10)(H,11,12). The van der Waals surface area contributed by atoms with Crippen LogP contribution in [0.15, 0.2) is 0 Å². The van der Waals surface area contributed by atoms with Gasteiger partial charge in [0, 0.05) is 0 Å². The average molecular weight is 348 g/mol. The first-order valence-electron chi connectivity index (χ1n) is 7.69. The molecule has 0 aliphatic heterocycles. The van der Waals surface area contributed by atoms with E-state index < -0.39 is 24.0 Å². The second-order valence-electron chi connectivity index (χ2n) is 4.92. The Kier molecular flexibility index (Phi) is 17.2. The lowest BCUT2D eigenvalue weighted by Crippen LogP contribution is -2.35. The fourth-order valence-corrected chi connectivity index (χ4v) is 1.71. The van der Waals surface area contributed by atoms with Gasteiger partial charge >= 0.3 is 11.9 Å². The van der Waals surface area contributed by atoms with Gasteiger partial charge in [-0.15, -0.1) is 0 Å². The van der Waals surface area contributed by atoms with Gasteiger partial charge in [-0.05, 0) is 51.6 Å². The molecule has 0 saturated heterocycles. The number of amides is 2. The summed E-state index contributed by atoms with van der Waals surface area (Å²) in [7, 11) is 0. The number of carbonyl (C=O) groups excluding carboxylic acids is 2. The van der Waals surface area contributed by atoms with E-state index in [0.29, 0.717) is 51.6 Å². The van der Waals surface area contributed by atoms with Crippen molar-refractivity contribution in [3.63, 3.8) is 0 Å². The quantitative estimate of drug-likeness (QED) is 0.164. The van der Waals surface area contributed by atoms with Crippen LogP contribution in [0.25, 0.3) is 0 Å². The second-order valence-corrected chi connectivity index (χ2v) is 4.92. The Bertz CT molecular complexity index is 333. The molecule has 10 heteroatoms. The maximum atomic E-state index is 10.4. The maximum Gasteiger partial charge on any atom is 0.326 e. The van der Waals surface area contributed by atoms with Crippen LogP contribution in [0.3, 0.4) is 0 Å². The summed E-state index contributed by atoms with van der Waals surface area (Å²) in [6.45, 7) is 1.10. The molecule has 0 aliphatic carbocycles. The summed E-state index contributed by atoms with van der Waals surface area (Å²) < 4.78 is 0. The van der Waals surface area contributed by atoms with Crippen molar-refractivity contribution in [2.45, 2.75) is 50.6 Å². The number of hydrogen-bond donors (Lipinski definition) is 6. The van der Waals surface area contributed by atoms with Crippen LogP contribution in [-0.4, -0.2) is 60.1 Å². The topological polar surface area (TPSA) is 185 Å². The molecular weight excluding hydrogens is 320 g/mol. The van der Waals surface area contributed by atoms with Crippen LogP contribution in [0.4, 0.5) is 0 Å². The molecule has 0 rings (SSSR count). The molecule has 0 spiro atoms. The van der Waals surface area contributed by atoms with Crippen LogP contribution in [0.1, 0.15) is 38.5 Å². The Balaban J connectivity index is 0. The number of rotatable bonds is 14. The van der Waals surface area contributed by atoms with Crippen molar-refractivity contribution in [2.24, 2.45) is 11.5 Å². The number of nitrogens with one attached hydrogen (secondary N) is 2. The first-order valence-corrected chi connectivity index (χ1v) is 7.69. The zero-order valence-electron chi connectivity index (χ0n) is 13.6. The first kappa shape index (κ1) is 24.1. The van der Waals surface area contributed by atoms with E-state index in [0.717, 1.165) is 12.8 Å². The summed E-state index contributed by atoms with van der Waals surface area (Å²) in [5.74, 6) is -2.00. The average Bonchev–Trinajstić information content (AvgIpc) is 2.54. The van der Waals surface area contributed by atoms with Gasteiger partial charge in [-0.25, -0.2) is 9.59 Å². The number of carboxylic acid groups (broad SMARTS) is 2. The lowest BCUT2D eigenvalue weighted by atomic mass is 10.1. The molecule has 0 saturated carbocycles. The van der Waals surface area contributed by atoms with E-state index in [1.165, 1.54) is 0 Å². The van der Waals surface area contributed by atoms with Crippen LogP contribution in [0, 0.1) is 0 Å². The number of aliphatic carboxylic acids is 2. The zero-order chi connectivity index (χ0) is 18.8. The van der Waals surface area contributed by atoms with Gasteiger partial charge in [0.15, 0.2) is 0 Å². The molecule has 0 aromatic rings. The number of unbranched alkanes of at least 4 members (excludes halogenated alkanes) is 2. The first-order chi connectivity index (χ1) is 11.4. The van der Waals surface area contributed by atoms with Gasteiger partial charge in [-0.3, -0.25) is 9.59 Å². The molecule has 0 bridgehead atoms. The van der Waals surface area contributed by atoms with Crippen molar-refractivity contribution in [2.75, 3.05) is 13.1 Å². The highest BCUT2D eigenvalue weighted by Crippen LogP contribution is 2.00. The summed E-state index contributed by atoms with van der Waals surface area (Å²) in [6.07, 6.45) is 4.68. The Hall–Kier alpha value is -2.20. The van der Waals surface area contributed by atoms with Crippen molar-refractivity contribution < 1.29 is 29.4 Å². The molecule has 0 heterocycles. The summed E-state index contributed by atoms with van der Waals surface area (Å²) in [5.41, 5.74) is 10.5. The normalized spacial score (nSPS) is 12.1. The maximum absolute atomic E-state index is 10.4. The van der Waals surface area contributed by atoms with E-state index in [1.54, 1.807) is 0 Å². The number of carbonyl (C=O) groups is 4. The highest BCUT2D eigenvalue weighted by molar-refractivity contribution is 5.76. The molecule has 8 N–H and O–H groups in total. The van der Waals surface area contributed by atoms with Crippen molar-refractivity contribution in [3.05, 3.63) is 0 Å². The molecule has 0 aromatic carbocycles. The molecule has 10 nitrogen and oxygen atoms in total. The summed E-state index contributed by atoms with van der Waals surface area (Å²) in [4.78, 5) is 40.8. The van der Waals surface area contributed by atoms with E-state index in [9.17, 15) is 19.2 Å². The van der Waals surface area contributed by atoms with Gasteiger partial charge in [-0.1, -0.05) is 0 Å². The minimum atomic E-state index is -1.00. The summed E-state index contributed by atoms with van der Waals surface area (Å²) >= 11 is 0. The van der Waals surface area contributed by atoms with Crippen LogP contribution < -0.4 is 22.1 Å². The van der Waals surface area contributed by atoms with Crippen molar-refractivity contribution in [1.82, 2.24) is 10.6 Å². The Morgan fingerprint density at radius 3 is 1.33 bits per heavy atom. The highest BCUT2D eigenvalue weighted by atomic mass is 16.4. The fraction of sp³-hybridized carbons (Fsp3) is 0.714. The van der Waals surface area contributed by atoms with Crippen molar-refractivity contribution >= 4 is 24.8 Å². The lowest BCUT2D eigenvalue weighted by Gasteiger charge is -2.09. The minimum absolute atomic E-state index is 0.404. The fourth-order valence-electron chi connectivity index (χ4n) is 1.71. The molecule has 140 valence electrons. The molecule has 0 radical (unpaired) electrons. The van der Waals surface area contributed by atoms with E-state index >= 15 is 0 Å². The SMILES string of the molecule is NCCCCC(NC=O)C(=O)O.NCCCCC(NC=O)C(=O)O. The van der Waals surface area contributed by atoms with Crippen molar-refractivity contribution in [3.8, 4) is 0 Å². The predicted molar refractivity (Wildman–Crippen MR) is 87.1 cm³/mol. The van der Waals surface area contributed by atoms with Gasteiger partial charge in [0.05, 0.1) is 0 Å². The van der Waals surface area contributed by atoms with Crippen LogP contribution in [0.5, 0.6) is 0 Å². The molecular formula is C14H28N4O6.